The predicted molar refractivity (Wildman–Crippen MR) is 75.1 cm³/mol. The number of nitrogens with two attached hydrogens (primary N) is 1. The van der Waals surface area contributed by atoms with E-state index in [-0.39, 0.29) is 36.7 Å². The number of nitrogens with zero attached hydrogens (tertiary/aromatic N) is 2. The Hall–Kier alpha value is -0.850. The first-order chi connectivity index (χ1) is 8.45. The van der Waals surface area contributed by atoms with Gasteiger partial charge in [-0.1, -0.05) is 13.8 Å². The summed E-state index contributed by atoms with van der Waals surface area (Å²) in [5, 5.41) is 0. The summed E-state index contributed by atoms with van der Waals surface area (Å²) in [6.45, 7) is 6.78. The van der Waals surface area contributed by atoms with Gasteiger partial charge in [0.2, 0.25) is 5.91 Å². The van der Waals surface area contributed by atoms with Gasteiger partial charge < -0.3 is 15.4 Å². The molecular formula is C12H24ClN3O3. The van der Waals surface area contributed by atoms with Gasteiger partial charge in [0.15, 0.2) is 0 Å². The molecule has 0 aromatic heterocycles. The zero-order chi connectivity index (χ0) is 13.7. The molecule has 1 atom stereocenters. The molecule has 0 saturated carbocycles. The first-order valence-corrected chi connectivity index (χ1v) is 6.29. The van der Waals surface area contributed by atoms with Gasteiger partial charge in [-0.3, -0.25) is 14.5 Å². The van der Waals surface area contributed by atoms with E-state index in [4.69, 9.17) is 5.73 Å². The molecule has 1 aliphatic rings. The van der Waals surface area contributed by atoms with Gasteiger partial charge in [-0.2, -0.15) is 0 Å². The first-order valence-electron chi connectivity index (χ1n) is 6.29. The largest absolute Gasteiger partial charge is 0.468 e. The van der Waals surface area contributed by atoms with E-state index >= 15 is 0 Å². The fourth-order valence-corrected chi connectivity index (χ4v) is 1.87. The van der Waals surface area contributed by atoms with Gasteiger partial charge in [0.05, 0.1) is 19.7 Å². The van der Waals surface area contributed by atoms with Crippen LogP contribution in [0, 0.1) is 5.92 Å². The van der Waals surface area contributed by atoms with Crippen molar-refractivity contribution in [3.63, 3.8) is 0 Å². The number of piperazine rings is 1. The van der Waals surface area contributed by atoms with Crippen molar-refractivity contribution in [2.24, 2.45) is 11.7 Å². The highest BCUT2D eigenvalue weighted by molar-refractivity contribution is 5.85. The van der Waals surface area contributed by atoms with Gasteiger partial charge in [-0.05, 0) is 5.92 Å². The zero-order valence-electron chi connectivity index (χ0n) is 11.8. The molecule has 0 unspecified atom stereocenters. The van der Waals surface area contributed by atoms with E-state index in [1.807, 2.05) is 18.7 Å². The fourth-order valence-electron chi connectivity index (χ4n) is 1.87. The van der Waals surface area contributed by atoms with E-state index in [2.05, 4.69) is 4.74 Å². The maximum absolute atomic E-state index is 12.0. The number of rotatable bonds is 4. The monoisotopic (exact) mass is 293 g/mol. The lowest BCUT2D eigenvalue weighted by Crippen LogP contribution is -2.54. The number of hydrogen-bond acceptors (Lipinski definition) is 5. The molecule has 1 fully saturated rings. The van der Waals surface area contributed by atoms with Crippen molar-refractivity contribution >= 4 is 24.3 Å². The SMILES string of the molecule is COC(=O)CN1CCN(C(=O)[C@@H](N)C(C)C)CC1.Cl. The van der Waals surface area contributed by atoms with Gasteiger partial charge in [-0.25, -0.2) is 0 Å². The Morgan fingerprint density at radius 2 is 1.74 bits per heavy atom. The number of halogens is 1. The van der Waals surface area contributed by atoms with Crippen molar-refractivity contribution in [2.45, 2.75) is 19.9 Å². The van der Waals surface area contributed by atoms with Crippen LogP contribution in [0.5, 0.6) is 0 Å². The average molecular weight is 294 g/mol. The highest BCUT2D eigenvalue weighted by Crippen LogP contribution is 2.07. The van der Waals surface area contributed by atoms with Gasteiger partial charge in [0.1, 0.15) is 0 Å². The standard InChI is InChI=1S/C12H23N3O3.ClH/c1-9(2)11(13)12(17)15-6-4-14(5-7-15)8-10(16)18-3;/h9,11H,4-8,13H2,1-3H3;1H/t11-;/m0./s1. The van der Waals surface area contributed by atoms with Crippen LogP contribution in [0.1, 0.15) is 13.8 Å². The second kappa shape index (κ2) is 8.35. The number of hydrogen-bond donors (Lipinski definition) is 1. The van der Waals surface area contributed by atoms with Crippen LogP contribution in [0.25, 0.3) is 0 Å². The topological polar surface area (TPSA) is 75.9 Å². The van der Waals surface area contributed by atoms with Crippen LogP contribution < -0.4 is 5.73 Å². The number of amides is 1. The number of ether oxygens (including phenoxy) is 1. The van der Waals surface area contributed by atoms with Crippen molar-refractivity contribution in [3.05, 3.63) is 0 Å². The molecule has 0 aromatic rings. The third kappa shape index (κ3) is 5.34. The van der Waals surface area contributed by atoms with Crippen molar-refractivity contribution < 1.29 is 14.3 Å². The molecule has 1 saturated heterocycles. The van der Waals surface area contributed by atoms with E-state index in [9.17, 15) is 9.59 Å². The predicted octanol–water partition coefficient (Wildman–Crippen LogP) is -0.291. The maximum Gasteiger partial charge on any atom is 0.319 e. The van der Waals surface area contributed by atoms with Gasteiger partial charge in [0, 0.05) is 26.2 Å². The number of carbonyl (C=O) groups is 2. The molecule has 0 aromatic carbocycles. The molecular weight excluding hydrogens is 270 g/mol. The lowest BCUT2D eigenvalue weighted by Gasteiger charge is -2.35. The third-order valence-electron chi connectivity index (χ3n) is 3.27. The summed E-state index contributed by atoms with van der Waals surface area (Å²) >= 11 is 0. The summed E-state index contributed by atoms with van der Waals surface area (Å²) in [4.78, 5) is 26.9. The zero-order valence-corrected chi connectivity index (χ0v) is 12.6. The molecule has 2 N–H and O–H groups in total. The minimum absolute atomic E-state index is 0. The van der Waals surface area contributed by atoms with Gasteiger partial charge in [0.25, 0.3) is 0 Å². The molecule has 0 radical (unpaired) electrons. The minimum atomic E-state index is -0.433. The third-order valence-corrected chi connectivity index (χ3v) is 3.27. The summed E-state index contributed by atoms with van der Waals surface area (Å²) in [6, 6.07) is -0.433. The van der Waals surface area contributed by atoms with Crippen LogP contribution in [-0.4, -0.2) is 67.6 Å². The highest BCUT2D eigenvalue weighted by atomic mass is 35.5. The van der Waals surface area contributed by atoms with Crippen molar-refractivity contribution in [1.29, 1.82) is 0 Å². The van der Waals surface area contributed by atoms with Crippen LogP contribution in [0.15, 0.2) is 0 Å². The molecule has 0 spiro atoms. The maximum atomic E-state index is 12.0. The van der Waals surface area contributed by atoms with Crippen LogP contribution in [-0.2, 0) is 14.3 Å². The van der Waals surface area contributed by atoms with E-state index < -0.39 is 6.04 Å². The molecule has 6 nitrogen and oxygen atoms in total. The molecule has 0 aliphatic carbocycles. The molecule has 1 amide bonds. The van der Waals surface area contributed by atoms with E-state index in [1.165, 1.54) is 7.11 Å². The number of carbonyl (C=O) groups excluding carboxylic acids is 2. The van der Waals surface area contributed by atoms with Gasteiger partial charge >= 0.3 is 5.97 Å². The quantitative estimate of drug-likeness (QED) is 0.721. The first kappa shape index (κ1) is 18.1. The number of esters is 1. The van der Waals surface area contributed by atoms with E-state index in [1.54, 1.807) is 4.90 Å². The van der Waals surface area contributed by atoms with Crippen molar-refractivity contribution in [2.75, 3.05) is 39.8 Å². The van der Waals surface area contributed by atoms with Gasteiger partial charge in [-0.15, -0.1) is 12.4 Å². The Morgan fingerprint density at radius 3 is 2.16 bits per heavy atom. The molecule has 1 rings (SSSR count). The minimum Gasteiger partial charge on any atom is -0.468 e. The fraction of sp³-hybridized carbons (Fsp3) is 0.833. The Bertz CT molecular complexity index is 305. The molecule has 112 valence electrons. The summed E-state index contributed by atoms with van der Waals surface area (Å²) in [7, 11) is 1.38. The van der Waals surface area contributed by atoms with E-state index in [0.29, 0.717) is 26.2 Å². The normalized spacial score (nSPS) is 17.8. The molecule has 1 aliphatic heterocycles. The summed E-state index contributed by atoms with van der Waals surface area (Å²) in [5.74, 6) is -0.0954. The highest BCUT2D eigenvalue weighted by Gasteiger charge is 2.27. The lowest BCUT2D eigenvalue weighted by molar-refractivity contribution is -0.143. The van der Waals surface area contributed by atoms with E-state index in [0.717, 1.165) is 0 Å². The van der Waals surface area contributed by atoms with Crippen LogP contribution in [0.2, 0.25) is 0 Å². The second-order valence-electron chi connectivity index (χ2n) is 4.95. The Balaban J connectivity index is 0.00000324. The summed E-state index contributed by atoms with van der Waals surface area (Å²) in [6.07, 6.45) is 0. The van der Waals surface area contributed by atoms with Crippen molar-refractivity contribution in [3.8, 4) is 0 Å². The Labute approximate surface area is 120 Å². The van der Waals surface area contributed by atoms with Crippen molar-refractivity contribution in [1.82, 2.24) is 9.80 Å². The Kier molecular flexibility index (Phi) is 7.97. The number of methoxy groups -OCH3 is 1. The summed E-state index contributed by atoms with van der Waals surface area (Å²) in [5.41, 5.74) is 5.85. The molecule has 0 bridgehead atoms. The molecule has 19 heavy (non-hydrogen) atoms. The molecule has 7 heteroatoms. The van der Waals surface area contributed by atoms with Crippen LogP contribution in [0.4, 0.5) is 0 Å². The second-order valence-corrected chi connectivity index (χ2v) is 4.95. The Morgan fingerprint density at radius 1 is 1.21 bits per heavy atom. The van der Waals surface area contributed by atoms with Crippen LogP contribution >= 0.6 is 12.4 Å². The van der Waals surface area contributed by atoms with Crippen LogP contribution in [0.3, 0.4) is 0 Å². The smallest absolute Gasteiger partial charge is 0.319 e. The molecule has 1 heterocycles. The summed E-state index contributed by atoms with van der Waals surface area (Å²) < 4.78 is 4.62. The lowest BCUT2D eigenvalue weighted by atomic mass is 10.0. The average Bonchev–Trinajstić information content (AvgIpc) is 2.37.